The highest BCUT2D eigenvalue weighted by atomic mass is 32.1. The molecule has 1 heterocycles. The Morgan fingerprint density at radius 1 is 1.00 bits per heavy atom. The lowest BCUT2D eigenvalue weighted by Gasteiger charge is -2.20. The van der Waals surface area contributed by atoms with Crippen LogP contribution in [0.3, 0.4) is 0 Å². The van der Waals surface area contributed by atoms with Crippen LogP contribution < -0.4 is 5.73 Å². The van der Waals surface area contributed by atoms with E-state index in [1.165, 1.54) is 16.8 Å². The molecule has 2 N–H and O–H groups in total. The second kappa shape index (κ2) is 6.74. The van der Waals surface area contributed by atoms with Crippen molar-refractivity contribution in [1.82, 2.24) is 4.98 Å². The van der Waals surface area contributed by atoms with Gasteiger partial charge in [-0.15, -0.1) is 11.3 Å². The van der Waals surface area contributed by atoms with Crippen LogP contribution in [0, 0.1) is 0 Å². The van der Waals surface area contributed by atoms with Crippen molar-refractivity contribution >= 4 is 11.3 Å². The summed E-state index contributed by atoms with van der Waals surface area (Å²) in [7, 11) is 0. The Balaban J connectivity index is 2.15. The summed E-state index contributed by atoms with van der Waals surface area (Å²) in [5.41, 5.74) is 10.2. The summed E-state index contributed by atoms with van der Waals surface area (Å²) in [5.74, 6) is 0.302. The van der Waals surface area contributed by atoms with Gasteiger partial charge in [0.1, 0.15) is 0 Å². The van der Waals surface area contributed by atoms with Gasteiger partial charge in [0, 0.05) is 23.3 Å². The first-order chi connectivity index (χ1) is 10.6. The van der Waals surface area contributed by atoms with Gasteiger partial charge in [0.05, 0.1) is 10.7 Å². The fourth-order valence-corrected chi connectivity index (χ4v) is 3.68. The fraction of sp³-hybridized carbons (Fsp3) is 0.550. The Morgan fingerprint density at radius 2 is 1.61 bits per heavy atom. The number of aromatic nitrogens is 1. The zero-order chi connectivity index (χ0) is 17.3. The highest BCUT2D eigenvalue weighted by molar-refractivity contribution is 7.09. The lowest BCUT2D eigenvalue weighted by atomic mass is 9.86. The van der Waals surface area contributed by atoms with Crippen LogP contribution >= 0.6 is 11.3 Å². The monoisotopic (exact) mass is 330 g/mol. The van der Waals surface area contributed by atoms with Crippen LogP contribution in [0.2, 0.25) is 0 Å². The molecule has 3 heteroatoms. The average Bonchev–Trinajstić information content (AvgIpc) is 2.94. The lowest BCUT2D eigenvalue weighted by molar-refractivity contribution is 0.566. The number of thiazole rings is 1. The Hall–Kier alpha value is -1.19. The summed E-state index contributed by atoms with van der Waals surface area (Å²) in [5, 5.41) is 3.35. The summed E-state index contributed by atoms with van der Waals surface area (Å²) in [6, 6.07) is 8.96. The molecule has 126 valence electrons. The minimum atomic E-state index is 0.0995. The molecule has 0 aliphatic rings. The third-order valence-electron chi connectivity index (χ3n) is 4.23. The SMILES string of the molecule is CC(C)(C)c1ccc(CC(CN)c2nc(C(C)(C)C)cs2)cc1. The molecule has 2 aromatic rings. The van der Waals surface area contributed by atoms with E-state index in [4.69, 9.17) is 10.7 Å². The van der Waals surface area contributed by atoms with Crippen molar-refractivity contribution in [2.24, 2.45) is 5.73 Å². The highest BCUT2D eigenvalue weighted by Crippen LogP contribution is 2.30. The topological polar surface area (TPSA) is 38.9 Å². The van der Waals surface area contributed by atoms with Crippen LogP contribution in [-0.2, 0) is 17.3 Å². The smallest absolute Gasteiger partial charge is 0.0975 e. The number of nitrogens with zero attached hydrogens (tertiary/aromatic N) is 1. The molecule has 2 rings (SSSR count). The molecule has 1 aromatic carbocycles. The van der Waals surface area contributed by atoms with Gasteiger partial charge >= 0.3 is 0 Å². The van der Waals surface area contributed by atoms with Crippen molar-refractivity contribution in [3.63, 3.8) is 0 Å². The molecular weight excluding hydrogens is 300 g/mol. The number of hydrogen-bond acceptors (Lipinski definition) is 3. The molecule has 0 bridgehead atoms. The van der Waals surface area contributed by atoms with E-state index < -0.39 is 0 Å². The summed E-state index contributed by atoms with van der Waals surface area (Å²) in [6.45, 7) is 14.0. The summed E-state index contributed by atoms with van der Waals surface area (Å²) >= 11 is 1.74. The van der Waals surface area contributed by atoms with E-state index in [0.29, 0.717) is 12.5 Å². The predicted octanol–water partition coefficient (Wildman–Crippen LogP) is 5.02. The molecule has 0 saturated heterocycles. The maximum Gasteiger partial charge on any atom is 0.0975 e. The van der Waals surface area contributed by atoms with Crippen molar-refractivity contribution in [1.29, 1.82) is 0 Å². The van der Waals surface area contributed by atoms with Crippen LogP contribution in [0.15, 0.2) is 29.6 Å². The normalized spacial score (nSPS) is 14.0. The van der Waals surface area contributed by atoms with Gasteiger partial charge < -0.3 is 5.73 Å². The Morgan fingerprint density at radius 3 is 2.04 bits per heavy atom. The lowest BCUT2D eigenvalue weighted by Crippen LogP contribution is -2.17. The van der Waals surface area contributed by atoms with Gasteiger partial charge in [-0.3, -0.25) is 0 Å². The van der Waals surface area contributed by atoms with Gasteiger partial charge in [-0.05, 0) is 23.0 Å². The molecule has 2 nitrogen and oxygen atoms in total. The zero-order valence-corrected chi connectivity index (χ0v) is 16.1. The van der Waals surface area contributed by atoms with Gasteiger partial charge in [0.2, 0.25) is 0 Å². The van der Waals surface area contributed by atoms with Crippen LogP contribution in [0.1, 0.15) is 69.3 Å². The van der Waals surface area contributed by atoms with E-state index >= 15 is 0 Å². The van der Waals surface area contributed by atoms with Crippen molar-refractivity contribution < 1.29 is 0 Å². The average molecular weight is 331 g/mol. The molecule has 1 unspecified atom stereocenters. The van der Waals surface area contributed by atoms with Gasteiger partial charge in [-0.2, -0.15) is 0 Å². The van der Waals surface area contributed by atoms with Gasteiger partial charge in [-0.25, -0.2) is 4.98 Å². The molecule has 0 saturated carbocycles. The summed E-state index contributed by atoms with van der Waals surface area (Å²) < 4.78 is 0. The third-order valence-corrected chi connectivity index (χ3v) is 5.23. The highest BCUT2D eigenvalue weighted by Gasteiger charge is 2.21. The quantitative estimate of drug-likeness (QED) is 0.854. The fourth-order valence-electron chi connectivity index (χ4n) is 2.52. The van der Waals surface area contributed by atoms with Gasteiger partial charge in [0.15, 0.2) is 0 Å². The number of hydrogen-bond donors (Lipinski definition) is 1. The Bertz CT molecular complexity index is 627. The van der Waals surface area contributed by atoms with E-state index in [9.17, 15) is 0 Å². The zero-order valence-electron chi connectivity index (χ0n) is 15.3. The first-order valence-electron chi connectivity index (χ1n) is 8.36. The largest absolute Gasteiger partial charge is 0.330 e. The molecule has 0 spiro atoms. The molecule has 23 heavy (non-hydrogen) atoms. The van der Waals surface area contributed by atoms with Crippen molar-refractivity contribution in [2.75, 3.05) is 6.54 Å². The minimum Gasteiger partial charge on any atom is -0.330 e. The van der Waals surface area contributed by atoms with Crippen LogP contribution in [0.5, 0.6) is 0 Å². The maximum atomic E-state index is 6.04. The number of benzene rings is 1. The molecule has 1 atom stereocenters. The number of rotatable bonds is 4. The molecule has 0 aliphatic heterocycles. The minimum absolute atomic E-state index is 0.0995. The van der Waals surface area contributed by atoms with Crippen LogP contribution in [-0.4, -0.2) is 11.5 Å². The molecular formula is C20H30N2S. The molecule has 1 aromatic heterocycles. The first-order valence-corrected chi connectivity index (χ1v) is 9.24. The van der Waals surface area contributed by atoms with Crippen molar-refractivity contribution in [3.8, 4) is 0 Å². The van der Waals surface area contributed by atoms with E-state index in [1.807, 2.05) is 0 Å². The van der Waals surface area contributed by atoms with Crippen molar-refractivity contribution in [3.05, 3.63) is 51.5 Å². The maximum absolute atomic E-state index is 6.04. The van der Waals surface area contributed by atoms with Gasteiger partial charge in [0.25, 0.3) is 0 Å². The van der Waals surface area contributed by atoms with E-state index in [1.54, 1.807) is 11.3 Å². The second-order valence-corrected chi connectivity index (χ2v) is 9.29. The van der Waals surface area contributed by atoms with E-state index in [-0.39, 0.29) is 10.8 Å². The van der Waals surface area contributed by atoms with E-state index in [0.717, 1.165) is 11.4 Å². The Labute approximate surface area is 145 Å². The molecule has 0 amide bonds. The summed E-state index contributed by atoms with van der Waals surface area (Å²) in [4.78, 5) is 4.84. The second-order valence-electron chi connectivity index (χ2n) is 8.40. The van der Waals surface area contributed by atoms with E-state index in [2.05, 4.69) is 71.2 Å². The predicted molar refractivity (Wildman–Crippen MR) is 101 cm³/mol. The van der Waals surface area contributed by atoms with Crippen molar-refractivity contribution in [2.45, 2.75) is 64.7 Å². The molecule has 0 fully saturated rings. The van der Waals surface area contributed by atoms with Gasteiger partial charge in [-0.1, -0.05) is 65.8 Å². The number of nitrogens with two attached hydrogens (primary N) is 1. The first kappa shape index (κ1) is 18.2. The molecule has 0 aliphatic carbocycles. The third kappa shape index (κ3) is 4.65. The molecule has 0 radical (unpaired) electrons. The standard InChI is InChI=1S/C20H30N2S/c1-19(2,3)16-9-7-14(8-10-16)11-15(12-21)18-22-17(13-23-18)20(4,5)6/h7-10,13,15H,11-12,21H2,1-6H3. The van der Waals surface area contributed by atoms with Crippen LogP contribution in [0.25, 0.3) is 0 Å². The summed E-state index contributed by atoms with van der Waals surface area (Å²) in [6.07, 6.45) is 0.956. The van der Waals surface area contributed by atoms with Crippen LogP contribution in [0.4, 0.5) is 0 Å². The Kier molecular flexibility index (Phi) is 5.32.